The highest BCUT2D eigenvalue weighted by molar-refractivity contribution is 7.99. The van der Waals surface area contributed by atoms with Crippen molar-refractivity contribution in [1.29, 1.82) is 0 Å². The number of hydrogen-bond acceptors (Lipinski definition) is 4. The lowest BCUT2D eigenvalue weighted by atomic mass is 9.95. The number of hydrogen-bond donors (Lipinski definition) is 1. The zero-order valence-corrected chi connectivity index (χ0v) is 11.4. The summed E-state index contributed by atoms with van der Waals surface area (Å²) in [5.41, 5.74) is 1.51. The third-order valence-corrected chi connectivity index (χ3v) is 4.93. The molecule has 3 atom stereocenters. The van der Waals surface area contributed by atoms with Crippen LogP contribution in [0.1, 0.15) is 22.5 Å². The van der Waals surface area contributed by atoms with Gasteiger partial charge in [-0.05, 0) is 11.6 Å². The number of aliphatic hydroxyl groups is 1. The van der Waals surface area contributed by atoms with Crippen LogP contribution in [0.4, 0.5) is 0 Å². The van der Waals surface area contributed by atoms with E-state index in [9.17, 15) is 15.2 Å². The smallest absolute Gasteiger partial charge is 0.258 e. The highest BCUT2D eigenvalue weighted by Crippen LogP contribution is 2.49. The van der Waals surface area contributed by atoms with Gasteiger partial charge in [0.1, 0.15) is 11.4 Å². The largest absolute Gasteiger partial charge is 0.381 e. The Balaban J connectivity index is 2.08. The van der Waals surface area contributed by atoms with Crippen molar-refractivity contribution >= 4 is 11.8 Å². The van der Waals surface area contributed by atoms with E-state index in [0.717, 1.165) is 10.5 Å². The van der Waals surface area contributed by atoms with E-state index in [1.54, 1.807) is 12.1 Å². The van der Waals surface area contributed by atoms with E-state index < -0.39 is 12.1 Å². The van der Waals surface area contributed by atoms with E-state index in [1.165, 1.54) is 11.8 Å². The summed E-state index contributed by atoms with van der Waals surface area (Å²) in [5.74, 6) is 0. The minimum absolute atomic E-state index is 0.370. The third kappa shape index (κ3) is 2.19. The van der Waals surface area contributed by atoms with Crippen molar-refractivity contribution < 1.29 is 10.0 Å². The highest BCUT2D eigenvalue weighted by Gasteiger charge is 2.45. The van der Waals surface area contributed by atoms with Gasteiger partial charge < -0.3 is 5.11 Å². The van der Waals surface area contributed by atoms with Crippen LogP contribution < -0.4 is 0 Å². The predicted molar refractivity (Wildman–Crippen MR) is 77.2 cm³/mol. The molecule has 0 fully saturated rings. The second-order valence-electron chi connectivity index (χ2n) is 4.71. The first kappa shape index (κ1) is 13.1. The highest BCUT2D eigenvalue weighted by atomic mass is 32.2. The predicted octanol–water partition coefficient (Wildman–Crippen LogP) is 3.21. The SMILES string of the molecule is O=[N+]([O-])[C@@H]1[C@@H](c2ccccc2)Sc2ccccc2[C@@H]1O. The summed E-state index contributed by atoms with van der Waals surface area (Å²) in [6.07, 6.45) is -1.08. The van der Waals surface area contributed by atoms with E-state index in [0.29, 0.717) is 5.56 Å². The number of thioether (sulfide) groups is 1. The van der Waals surface area contributed by atoms with Gasteiger partial charge in [-0.15, -0.1) is 11.8 Å². The second-order valence-corrected chi connectivity index (χ2v) is 5.89. The summed E-state index contributed by atoms with van der Waals surface area (Å²) >= 11 is 1.45. The van der Waals surface area contributed by atoms with Gasteiger partial charge in [0.05, 0.1) is 0 Å². The Labute approximate surface area is 120 Å². The van der Waals surface area contributed by atoms with Crippen LogP contribution in [0.15, 0.2) is 59.5 Å². The molecule has 0 unspecified atom stereocenters. The summed E-state index contributed by atoms with van der Waals surface area (Å²) in [4.78, 5) is 11.9. The minimum atomic E-state index is -1.08. The van der Waals surface area contributed by atoms with Crippen LogP contribution in [-0.2, 0) is 0 Å². The molecule has 2 aromatic carbocycles. The molecule has 0 amide bonds. The number of benzene rings is 2. The monoisotopic (exact) mass is 287 g/mol. The Kier molecular flexibility index (Phi) is 3.46. The fourth-order valence-electron chi connectivity index (χ4n) is 2.52. The summed E-state index contributed by atoms with van der Waals surface area (Å²) in [6.45, 7) is 0. The van der Waals surface area contributed by atoms with Crippen LogP contribution in [0.5, 0.6) is 0 Å². The molecule has 0 spiro atoms. The maximum atomic E-state index is 11.4. The molecule has 0 saturated heterocycles. The molecule has 1 N–H and O–H groups in total. The summed E-state index contributed by atoms with van der Waals surface area (Å²) < 4.78 is 0. The van der Waals surface area contributed by atoms with E-state index in [2.05, 4.69) is 0 Å². The Bertz CT molecular complexity index is 632. The van der Waals surface area contributed by atoms with E-state index in [1.807, 2.05) is 42.5 Å². The lowest BCUT2D eigenvalue weighted by Crippen LogP contribution is -2.35. The molecular formula is C15H13NO3S. The van der Waals surface area contributed by atoms with Crippen molar-refractivity contribution in [2.45, 2.75) is 22.3 Å². The summed E-state index contributed by atoms with van der Waals surface area (Å²) in [6, 6.07) is 15.6. The molecule has 3 rings (SSSR count). The van der Waals surface area contributed by atoms with Crippen LogP contribution in [0, 0.1) is 10.1 Å². The molecule has 1 aliphatic rings. The van der Waals surface area contributed by atoms with Crippen LogP contribution >= 0.6 is 11.8 Å². The van der Waals surface area contributed by atoms with Crippen LogP contribution in [-0.4, -0.2) is 16.1 Å². The van der Waals surface area contributed by atoms with Crippen molar-refractivity contribution in [1.82, 2.24) is 0 Å². The quantitative estimate of drug-likeness (QED) is 0.680. The van der Waals surface area contributed by atoms with Gasteiger partial charge in [0.25, 0.3) is 6.04 Å². The molecule has 5 heteroatoms. The first-order valence-electron chi connectivity index (χ1n) is 6.30. The van der Waals surface area contributed by atoms with Crippen LogP contribution in [0.25, 0.3) is 0 Å². The van der Waals surface area contributed by atoms with Crippen LogP contribution in [0.2, 0.25) is 0 Å². The van der Waals surface area contributed by atoms with Gasteiger partial charge in [-0.25, -0.2) is 0 Å². The lowest BCUT2D eigenvalue weighted by Gasteiger charge is -2.31. The van der Waals surface area contributed by atoms with Crippen LogP contribution in [0.3, 0.4) is 0 Å². The fourth-order valence-corrected chi connectivity index (χ4v) is 3.96. The molecule has 0 radical (unpaired) electrons. The summed E-state index contributed by atoms with van der Waals surface area (Å²) in [5, 5.41) is 21.4. The Morgan fingerprint density at radius 3 is 2.40 bits per heavy atom. The number of nitro groups is 1. The van der Waals surface area contributed by atoms with Gasteiger partial charge in [0.15, 0.2) is 0 Å². The average molecular weight is 287 g/mol. The van der Waals surface area contributed by atoms with Gasteiger partial charge in [0, 0.05) is 15.4 Å². The third-order valence-electron chi connectivity index (χ3n) is 3.50. The number of rotatable bonds is 2. The van der Waals surface area contributed by atoms with Crippen molar-refractivity contribution in [2.24, 2.45) is 0 Å². The van der Waals surface area contributed by atoms with Gasteiger partial charge in [-0.2, -0.15) is 0 Å². The molecule has 0 aromatic heterocycles. The van der Waals surface area contributed by atoms with Crippen molar-refractivity contribution in [3.63, 3.8) is 0 Å². The number of aliphatic hydroxyl groups excluding tert-OH is 1. The molecule has 0 bridgehead atoms. The summed E-state index contributed by atoms with van der Waals surface area (Å²) in [7, 11) is 0. The van der Waals surface area contributed by atoms with Crippen molar-refractivity contribution in [3.05, 3.63) is 75.8 Å². The number of nitrogens with zero attached hydrogens (tertiary/aromatic N) is 1. The Morgan fingerprint density at radius 1 is 1.05 bits per heavy atom. The Hall–Kier alpha value is -1.85. The first-order valence-corrected chi connectivity index (χ1v) is 7.18. The van der Waals surface area contributed by atoms with E-state index in [-0.39, 0.29) is 10.2 Å². The van der Waals surface area contributed by atoms with Crippen molar-refractivity contribution in [3.8, 4) is 0 Å². The van der Waals surface area contributed by atoms with Crippen molar-refractivity contribution in [2.75, 3.05) is 0 Å². The van der Waals surface area contributed by atoms with Gasteiger partial charge in [0.2, 0.25) is 0 Å². The maximum absolute atomic E-state index is 11.4. The molecular weight excluding hydrogens is 274 g/mol. The Morgan fingerprint density at radius 2 is 1.70 bits per heavy atom. The second kappa shape index (κ2) is 5.26. The molecule has 0 saturated carbocycles. The zero-order chi connectivity index (χ0) is 14.1. The van der Waals surface area contributed by atoms with Gasteiger partial charge in [-0.3, -0.25) is 10.1 Å². The average Bonchev–Trinajstić information content (AvgIpc) is 2.47. The molecule has 0 aliphatic carbocycles. The minimum Gasteiger partial charge on any atom is -0.381 e. The molecule has 1 heterocycles. The topological polar surface area (TPSA) is 63.4 Å². The molecule has 4 nitrogen and oxygen atoms in total. The van der Waals surface area contributed by atoms with E-state index >= 15 is 0 Å². The van der Waals surface area contributed by atoms with Gasteiger partial charge >= 0.3 is 0 Å². The zero-order valence-electron chi connectivity index (χ0n) is 10.5. The molecule has 1 aliphatic heterocycles. The standard InChI is InChI=1S/C15H13NO3S/c17-14-11-8-4-5-9-12(11)20-15(13(14)16(18)19)10-6-2-1-3-7-10/h1-9,13-15,17H/t13-,14-,15+/m0/s1. The fraction of sp³-hybridized carbons (Fsp3) is 0.200. The van der Waals surface area contributed by atoms with E-state index in [4.69, 9.17) is 0 Å². The number of fused-ring (bicyclic) bond motifs is 1. The molecule has 20 heavy (non-hydrogen) atoms. The van der Waals surface area contributed by atoms with Gasteiger partial charge in [-0.1, -0.05) is 48.5 Å². The maximum Gasteiger partial charge on any atom is 0.258 e. The molecule has 102 valence electrons. The normalized spacial score (nSPS) is 24.9. The first-order chi connectivity index (χ1) is 9.68. The lowest BCUT2D eigenvalue weighted by molar-refractivity contribution is -0.536. The molecule has 2 aromatic rings.